The molecule has 2 aliphatic rings. The fourth-order valence-electron chi connectivity index (χ4n) is 4.80. The van der Waals surface area contributed by atoms with E-state index in [0.717, 1.165) is 43.9 Å². The summed E-state index contributed by atoms with van der Waals surface area (Å²) in [4.78, 5) is 25.2. The molecule has 0 spiro atoms. The van der Waals surface area contributed by atoms with Crippen molar-refractivity contribution in [3.63, 3.8) is 0 Å². The van der Waals surface area contributed by atoms with Gasteiger partial charge in [-0.2, -0.15) is 0 Å². The number of aromatic nitrogens is 2. The Labute approximate surface area is 171 Å². The Balaban J connectivity index is 1.29. The van der Waals surface area contributed by atoms with Crippen LogP contribution in [0, 0.1) is 18.3 Å². The summed E-state index contributed by atoms with van der Waals surface area (Å²) < 4.78 is 0. The molecular weight excluding hydrogens is 366 g/mol. The monoisotopic (exact) mass is 395 g/mol. The lowest BCUT2D eigenvalue weighted by Crippen LogP contribution is -2.40. The SMILES string of the molecule is Cc1ccccc1CNC(=O)CN1CC2CN(Cc3cncnc3)CC2(CO)C1. The number of likely N-dealkylation sites (tertiary alicyclic amines) is 2. The third-order valence-corrected chi connectivity index (χ3v) is 6.34. The Morgan fingerprint density at radius 2 is 1.93 bits per heavy atom. The number of aliphatic hydroxyl groups excluding tert-OH is 1. The van der Waals surface area contributed by atoms with Crippen LogP contribution in [0.3, 0.4) is 0 Å². The van der Waals surface area contributed by atoms with E-state index in [1.54, 1.807) is 6.33 Å². The number of aliphatic hydroxyl groups is 1. The first-order valence-corrected chi connectivity index (χ1v) is 10.2. The van der Waals surface area contributed by atoms with E-state index in [1.165, 1.54) is 5.56 Å². The molecule has 29 heavy (non-hydrogen) atoms. The summed E-state index contributed by atoms with van der Waals surface area (Å²) in [6.45, 7) is 7.32. The van der Waals surface area contributed by atoms with E-state index in [1.807, 2.05) is 30.6 Å². The summed E-state index contributed by atoms with van der Waals surface area (Å²) in [6, 6.07) is 8.10. The number of hydrogen-bond donors (Lipinski definition) is 2. The van der Waals surface area contributed by atoms with Crippen molar-refractivity contribution in [1.82, 2.24) is 25.1 Å². The van der Waals surface area contributed by atoms with E-state index < -0.39 is 0 Å². The predicted octanol–water partition coefficient (Wildman–Crippen LogP) is 0.828. The quantitative estimate of drug-likeness (QED) is 0.723. The summed E-state index contributed by atoms with van der Waals surface area (Å²) in [5.74, 6) is 0.418. The third kappa shape index (κ3) is 4.47. The first kappa shape index (κ1) is 19.9. The van der Waals surface area contributed by atoms with Crippen molar-refractivity contribution >= 4 is 5.91 Å². The Hall–Kier alpha value is -2.35. The van der Waals surface area contributed by atoms with E-state index in [2.05, 4.69) is 38.1 Å². The largest absolute Gasteiger partial charge is 0.396 e. The van der Waals surface area contributed by atoms with Crippen LogP contribution in [0.25, 0.3) is 0 Å². The molecule has 7 nitrogen and oxygen atoms in total. The van der Waals surface area contributed by atoms with Gasteiger partial charge in [0.05, 0.1) is 13.2 Å². The van der Waals surface area contributed by atoms with Crippen molar-refractivity contribution in [3.8, 4) is 0 Å². The second kappa shape index (κ2) is 8.57. The van der Waals surface area contributed by atoms with E-state index >= 15 is 0 Å². The number of nitrogens with one attached hydrogen (secondary N) is 1. The molecule has 4 rings (SSSR count). The molecule has 3 heterocycles. The summed E-state index contributed by atoms with van der Waals surface area (Å²) in [7, 11) is 0. The molecule has 7 heteroatoms. The summed E-state index contributed by atoms with van der Waals surface area (Å²) in [5, 5.41) is 13.2. The van der Waals surface area contributed by atoms with Crippen LogP contribution in [0.2, 0.25) is 0 Å². The topological polar surface area (TPSA) is 81.6 Å². The molecule has 1 amide bonds. The van der Waals surface area contributed by atoms with Gasteiger partial charge in [0.25, 0.3) is 0 Å². The lowest BCUT2D eigenvalue weighted by Gasteiger charge is -2.27. The van der Waals surface area contributed by atoms with Gasteiger partial charge in [-0.25, -0.2) is 9.97 Å². The highest BCUT2D eigenvalue weighted by Crippen LogP contribution is 2.42. The lowest BCUT2D eigenvalue weighted by molar-refractivity contribution is -0.122. The summed E-state index contributed by atoms with van der Waals surface area (Å²) in [6.07, 6.45) is 5.23. The Bertz CT molecular complexity index is 846. The average Bonchev–Trinajstić information content (AvgIpc) is 3.21. The number of benzene rings is 1. The fourth-order valence-corrected chi connectivity index (χ4v) is 4.80. The maximum atomic E-state index is 12.5. The first-order valence-electron chi connectivity index (χ1n) is 10.2. The minimum atomic E-state index is -0.147. The Morgan fingerprint density at radius 1 is 1.21 bits per heavy atom. The van der Waals surface area contributed by atoms with Crippen LogP contribution in [0.5, 0.6) is 0 Å². The molecule has 2 aliphatic heterocycles. The van der Waals surface area contributed by atoms with Gasteiger partial charge in [0.1, 0.15) is 6.33 Å². The molecular formula is C22H29N5O2. The molecule has 1 aromatic carbocycles. The zero-order valence-corrected chi connectivity index (χ0v) is 16.9. The molecule has 1 aromatic heterocycles. The average molecular weight is 396 g/mol. The normalized spacial score (nSPS) is 24.6. The van der Waals surface area contributed by atoms with Gasteiger partial charge >= 0.3 is 0 Å². The molecule has 154 valence electrons. The van der Waals surface area contributed by atoms with Crippen molar-refractivity contribution in [2.45, 2.75) is 20.0 Å². The second-order valence-electron chi connectivity index (χ2n) is 8.51. The minimum Gasteiger partial charge on any atom is -0.396 e. The zero-order valence-electron chi connectivity index (χ0n) is 16.9. The molecule has 0 saturated carbocycles. The van der Waals surface area contributed by atoms with Crippen molar-refractivity contribution in [2.75, 3.05) is 39.3 Å². The number of rotatable bonds is 7. The molecule has 2 atom stereocenters. The fraction of sp³-hybridized carbons (Fsp3) is 0.500. The van der Waals surface area contributed by atoms with E-state index in [9.17, 15) is 9.90 Å². The van der Waals surface area contributed by atoms with Crippen LogP contribution in [0.4, 0.5) is 0 Å². The van der Waals surface area contributed by atoms with Gasteiger partial charge in [-0.1, -0.05) is 24.3 Å². The molecule has 2 aromatic rings. The third-order valence-electron chi connectivity index (χ3n) is 6.34. The summed E-state index contributed by atoms with van der Waals surface area (Å²) in [5.41, 5.74) is 3.28. The maximum absolute atomic E-state index is 12.5. The Morgan fingerprint density at radius 3 is 2.66 bits per heavy atom. The summed E-state index contributed by atoms with van der Waals surface area (Å²) >= 11 is 0. The van der Waals surface area contributed by atoms with Crippen LogP contribution in [0.1, 0.15) is 16.7 Å². The van der Waals surface area contributed by atoms with Gasteiger partial charge in [0, 0.05) is 62.6 Å². The van der Waals surface area contributed by atoms with Crippen molar-refractivity contribution < 1.29 is 9.90 Å². The number of hydrogen-bond acceptors (Lipinski definition) is 6. The van der Waals surface area contributed by atoms with E-state index in [0.29, 0.717) is 19.0 Å². The van der Waals surface area contributed by atoms with Gasteiger partial charge in [-0.15, -0.1) is 0 Å². The van der Waals surface area contributed by atoms with Crippen molar-refractivity contribution in [3.05, 3.63) is 59.7 Å². The number of fused-ring (bicyclic) bond motifs is 1. The van der Waals surface area contributed by atoms with E-state index in [-0.39, 0.29) is 17.9 Å². The van der Waals surface area contributed by atoms with Crippen molar-refractivity contribution in [1.29, 1.82) is 0 Å². The van der Waals surface area contributed by atoms with Crippen LogP contribution >= 0.6 is 0 Å². The first-order chi connectivity index (χ1) is 14.1. The van der Waals surface area contributed by atoms with Gasteiger partial charge in [-0.05, 0) is 24.0 Å². The van der Waals surface area contributed by atoms with E-state index in [4.69, 9.17) is 0 Å². The smallest absolute Gasteiger partial charge is 0.234 e. The molecule has 2 fully saturated rings. The van der Waals surface area contributed by atoms with Crippen LogP contribution < -0.4 is 5.32 Å². The van der Waals surface area contributed by atoms with Crippen LogP contribution in [0.15, 0.2) is 43.0 Å². The lowest BCUT2D eigenvalue weighted by atomic mass is 9.82. The van der Waals surface area contributed by atoms with Gasteiger partial charge in [0.15, 0.2) is 0 Å². The molecule has 2 saturated heterocycles. The van der Waals surface area contributed by atoms with Crippen LogP contribution in [-0.2, 0) is 17.9 Å². The Kier molecular flexibility index (Phi) is 5.89. The number of nitrogens with zero attached hydrogens (tertiary/aromatic N) is 4. The maximum Gasteiger partial charge on any atom is 0.234 e. The minimum absolute atomic E-state index is 0.0413. The highest BCUT2D eigenvalue weighted by molar-refractivity contribution is 5.78. The van der Waals surface area contributed by atoms with Gasteiger partial charge in [0.2, 0.25) is 5.91 Å². The van der Waals surface area contributed by atoms with Gasteiger partial charge in [-0.3, -0.25) is 14.6 Å². The molecule has 2 unspecified atom stereocenters. The van der Waals surface area contributed by atoms with Gasteiger partial charge < -0.3 is 10.4 Å². The van der Waals surface area contributed by atoms with Crippen molar-refractivity contribution in [2.24, 2.45) is 11.3 Å². The number of carbonyl (C=O) groups is 1. The second-order valence-corrected chi connectivity index (χ2v) is 8.51. The number of aryl methyl sites for hydroxylation is 1. The highest BCUT2D eigenvalue weighted by atomic mass is 16.3. The number of carbonyl (C=O) groups excluding carboxylic acids is 1. The molecule has 0 aliphatic carbocycles. The predicted molar refractivity (Wildman–Crippen MR) is 110 cm³/mol. The molecule has 0 bridgehead atoms. The number of amides is 1. The van der Waals surface area contributed by atoms with Crippen LogP contribution in [-0.4, -0.2) is 70.1 Å². The molecule has 2 N–H and O–H groups in total. The molecule has 0 radical (unpaired) electrons. The highest BCUT2D eigenvalue weighted by Gasteiger charge is 2.52. The zero-order chi connectivity index (χ0) is 20.3. The standard InChI is InChI=1S/C22H29N5O2/c1-17-4-2-3-5-19(17)8-25-21(29)12-27-11-20-10-26(13-22(20,14-27)15-28)9-18-6-23-16-24-7-18/h2-7,16,20,28H,8-15H2,1H3,(H,25,29).